The maximum absolute atomic E-state index is 7.44. The molecule has 0 radical (unpaired) electrons. The third-order valence-corrected chi connectivity index (χ3v) is 0.145. The molecule has 0 aliphatic carbocycles. The molecule has 0 spiro atoms. The Morgan fingerprint density at radius 2 is 1.45 bits per heavy atom. The standard InChI is InChI=1S/2C2H7N.CH4N4/c2*1-2-3;2-1-4-5-3/h2*2-3H2,1H3;1-2H2. The lowest BCUT2D eigenvalue weighted by Crippen LogP contribution is -1.89. The largest absolute Gasteiger partial charge is 0.331 e. The summed E-state index contributed by atoms with van der Waals surface area (Å²) < 4.78 is 0. The Bertz CT molecular complexity index is 75.0. The lowest BCUT2D eigenvalue weighted by atomic mass is 10.8. The van der Waals surface area contributed by atoms with E-state index in [9.17, 15) is 0 Å². The minimum absolute atomic E-state index is 0.0521. The lowest BCUT2D eigenvalue weighted by Gasteiger charge is -1.60. The fourth-order valence-corrected chi connectivity index (χ4v) is 0.0365. The first kappa shape index (κ1) is 16.6. The molecule has 0 heterocycles. The predicted octanol–water partition coefficient (Wildman–Crippen LogP) is 0.143. The van der Waals surface area contributed by atoms with Gasteiger partial charge in [0, 0.05) is 4.91 Å². The van der Waals surface area contributed by atoms with Crippen molar-refractivity contribution in [1.82, 2.24) is 0 Å². The second-order valence-electron chi connectivity index (χ2n) is 1.23. The van der Waals surface area contributed by atoms with Crippen molar-refractivity contribution in [3.05, 3.63) is 10.4 Å². The lowest BCUT2D eigenvalue weighted by molar-refractivity contribution is 1.05. The van der Waals surface area contributed by atoms with Crippen molar-refractivity contribution in [1.29, 1.82) is 0 Å². The van der Waals surface area contributed by atoms with Gasteiger partial charge in [-0.15, -0.1) is 0 Å². The van der Waals surface area contributed by atoms with Gasteiger partial charge in [0.05, 0.1) is 6.67 Å². The molecule has 6 N–H and O–H groups in total. The van der Waals surface area contributed by atoms with Gasteiger partial charge in [-0.3, -0.25) is 0 Å². The second kappa shape index (κ2) is 35.1. The first-order chi connectivity index (χ1) is 5.24. The summed E-state index contributed by atoms with van der Waals surface area (Å²) >= 11 is 0. The molecule has 0 saturated heterocycles. The Morgan fingerprint density at radius 1 is 1.18 bits per heavy atom. The predicted molar refractivity (Wildman–Crippen MR) is 47.7 cm³/mol. The van der Waals surface area contributed by atoms with E-state index >= 15 is 0 Å². The van der Waals surface area contributed by atoms with Crippen LogP contribution in [0.1, 0.15) is 13.8 Å². The zero-order chi connectivity index (χ0) is 9.54. The molecular weight excluding hydrogens is 144 g/mol. The maximum atomic E-state index is 7.44. The van der Waals surface area contributed by atoms with Crippen LogP contribution in [0.5, 0.6) is 0 Å². The quantitative estimate of drug-likeness (QED) is 0.288. The Kier molecular flexibility index (Phi) is 53.1. The summed E-state index contributed by atoms with van der Waals surface area (Å²) in [4.78, 5) is 2.35. The molecule has 6 heteroatoms. The van der Waals surface area contributed by atoms with E-state index in [1.54, 1.807) is 0 Å². The zero-order valence-corrected chi connectivity index (χ0v) is 7.20. The molecule has 6 nitrogen and oxygen atoms in total. The highest BCUT2D eigenvalue weighted by Gasteiger charge is 1.50. The minimum atomic E-state index is 0.0521. The van der Waals surface area contributed by atoms with Gasteiger partial charge in [0.25, 0.3) is 0 Å². The van der Waals surface area contributed by atoms with Crippen LogP contribution in [-0.4, -0.2) is 19.8 Å². The summed E-state index contributed by atoms with van der Waals surface area (Å²) in [6.07, 6.45) is 0. The summed E-state index contributed by atoms with van der Waals surface area (Å²) in [5.74, 6) is 0. The first-order valence-electron chi connectivity index (χ1n) is 3.36. The molecule has 0 atom stereocenters. The van der Waals surface area contributed by atoms with Gasteiger partial charge >= 0.3 is 0 Å². The highest BCUT2D eigenvalue weighted by atomic mass is 15.2. The fourth-order valence-electron chi connectivity index (χ4n) is 0.0365. The van der Waals surface area contributed by atoms with E-state index in [0.29, 0.717) is 0 Å². The van der Waals surface area contributed by atoms with Gasteiger partial charge in [-0.2, -0.15) is 0 Å². The van der Waals surface area contributed by atoms with Crippen LogP contribution in [-0.2, 0) is 0 Å². The third-order valence-electron chi connectivity index (χ3n) is 0.145. The molecule has 11 heavy (non-hydrogen) atoms. The zero-order valence-electron chi connectivity index (χ0n) is 7.20. The highest BCUT2D eigenvalue weighted by Crippen LogP contribution is 1.53. The monoisotopic (exact) mass is 162 g/mol. The van der Waals surface area contributed by atoms with Crippen LogP contribution in [0.15, 0.2) is 5.11 Å². The van der Waals surface area contributed by atoms with Crippen molar-refractivity contribution >= 4 is 0 Å². The normalized spacial score (nSPS) is 5.91. The molecule has 0 aromatic heterocycles. The van der Waals surface area contributed by atoms with Crippen LogP contribution in [0.2, 0.25) is 0 Å². The second-order valence-corrected chi connectivity index (χ2v) is 1.23. The Hall–Kier alpha value is -0.810. The van der Waals surface area contributed by atoms with Crippen molar-refractivity contribution in [2.24, 2.45) is 22.3 Å². The number of hydrogen-bond acceptors (Lipinski definition) is 4. The maximum Gasteiger partial charge on any atom is 0.0720 e. The number of hydrogen-bond donors (Lipinski definition) is 3. The molecule has 0 rings (SSSR count). The summed E-state index contributed by atoms with van der Waals surface area (Å²) in [6.45, 7) is 5.36. The number of azide groups is 1. The molecule has 68 valence electrons. The van der Waals surface area contributed by atoms with E-state index < -0.39 is 0 Å². The van der Waals surface area contributed by atoms with Crippen LogP contribution in [0, 0.1) is 0 Å². The van der Waals surface area contributed by atoms with Gasteiger partial charge in [-0.1, -0.05) is 19.0 Å². The average Bonchev–Trinajstić information content (AvgIpc) is 1.92. The van der Waals surface area contributed by atoms with Crippen LogP contribution in [0.3, 0.4) is 0 Å². The summed E-state index contributed by atoms with van der Waals surface area (Å²) in [6, 6.07) is 0. The van der Waals surface area contributed by atoms with Crippen molar-refractivity contribution in [2.75, 3.05) is 19.8 Å². The SMILES string of the molecule is CCN.CCN.[N-]=[N+]=NCN. The van der Waals surface area contributed by atoms with Crippen LogP contribution < -0.4 is 17.2 Å². The molecule has 0 amide bonds. The van der Waals surface area contributed by atoms with E-state index in [1.807, 2.05) is 13.8 Å². The molecule has 0 aliphatic heterocycles. The molecule has 0 aromatic carbocycles. The van der Waals surface area contributed by atoms with Crippen molar-refractivity contribution in [3.63, 3.8) is 0 Å². The van der Waals surface area contributed by atoms with E-state index in [2.05, 4.69) is 10.0 Å². The highest BCUT2D eigenvalue weighted by molar-refractivity contribution is 4.35. The number of nitrogens with two attached hydrogens (primary N) is 3. The topological polar surface area (TPSA) is 127 Å². The van der Waals surface area contributed by atoms with Gasteiger partial charge in [-0.05, 0) is 18.6 Å². The molecule has 0 fully saturated rings. The van der Waals surface area contributed by atoms with Gasteiger partial charge in [0.1, 0.15) is 0 Å². The molecule has 0 bridgehead atoms. The number of nitrogens with zero attached hydrogens (tertiary/aromatic N) is 3. The van der Waals surface area contributed by atoms with Crippen LogP contribution in [0.4, 0.5) is 0 Å². The van der Waals surface area contributed by atoms with Crippen molar-refractivity contribution in [2.45, 2.75) is 13.8 Å². The third kappa shape index (κ3) is 335. The van der Waals surface area contributed by atoms with Gasteiger partial charge in [0.15, 0.2) is 0 Å². The van der Waals surface area contributed by atoms with Crippen LogP contribution in [0.25, 0.3) is 10.4 Å². The smallest absolute Gasteiger partial charge is 0.0720 e. The van der Waals surface area contributed by atoms with E-state index in [-0.39, 0.29) is 6.67 Å². The van der Waals surface area contributed by atoms with Gasteiger partial charge in [-0.25, -0.2) is 0 Å². The van der Waals surface area contributed by atoms with Crippen molar-refractivity contribution < 1.29 is 0 Å². The summed E-state index contributed by atoms with van der Waals surface area (Å²) in [5.41, 5.74) is 21.9. The molecule has 0 aromatic rings. The van der Waals surface area contributed by atoms with E-state index in [0.717, 1.165) is 13.1 Å². The minimum Gasteiger partial charge on any atom is -0.331 e. The molecule has 0 unspecified atom stereocenters. The Morgan fingerprint density at radius 3 is 1.45 bits per heavy atom. The molecule has 0 aliphatic rings. The molecular formula is C5H18N6. The summed E-state index contributed by atoms with van der Waals surface area (Å²) in [7, 11) is 0. The average molecular weight is 162 g/mol. The van der Waals surface area contributed by atoms with Crippen molar-refractivity contribution in [3.8, 4) is 0 Å². The molecule has 0 saturated carbocycles. The summed E-state index contributed by atoms with van der Waals surface area (Å²) in [5, 5.41) is 2.93. The Balaban J connectivity index is -0.0000000933. The van der Waals surface area contributed by atoms with E-state index in [1.165, 1.54) is 0 Å². The van der Waals surface area contributed by atoms with E-state index in [4.69, 9.17) is 22.7 Å². The van der Waals surface area contributed by atoms with Crippen LogP contribution >= 0.6 is 0 Å². The van der Waals surface area contributed by atoms with Gasteiger partial charge < -0.3 is 17.2 Å². The Labute approximate surface area is 67.4 Å². The number of rotatable bonds is 1. The first-order valence-corrected chi connectivity index (χ1v) is 3.36. The fraction of sp³-hybridized carbons (Fsp3) is 1.00. The van der Waals surface area contributed by atoms with Gasteiger partial charge in [0.2, 0.25) is 0 Å².